The molecular weight excluding hydrogens is 195 g/mol. The van der Waals surface area contributed by atoms with Crippen LogP contribution in [0.5, 0.6) is 0 Å². The first-order valence-electron chi connectivity index (χ1n) is 5.05. The average molecular weight is 208 g/mol. The third-order valence-corrected chi connectivity index (χ3v) is 3.24. The van der Waals surface area contributed by atoms with E-state index >= 15 is 0 Å². The first-order chi connectivity index (χ1) is 7.08. The lowest BCUT2D eigenvalue weighted by atomic mass is 9.88. The van der Waals surface area contributed by atoms with Crippen LogP contribution in [-0.2, 0) is 5.41 Å². The summed E-state index contributed by atoms with van der Waals surface area (Å²) in [7, 11) is 0. The molecule has 1 aromatic carbocycles. The first-order valence-corrected chi connectivity index (χ1v) is 5.05. The molecular formula is C12H13FO2. The molecule has 0 spiro atoms. The number of hydrogen-bond donors (Lipinski definition) is 1. The zero-order valence-corrected chi connectivity index (χ0v) is 8.53. The molecule has 1 aliphatic carbocycles. The molecule has 0 saturated heterocycles. The number of aromatic carboxylic acids is 1. The summed E-state index contributed by atoms with van der Waals surface area (Å²) in [4.78, 5) is 11.0. The van der Waals surface area contributed by atoms with Gasteiger partial charge in [0.15, 0.2) is 0 Å². The summed E-state index contributed by atoms with van der Waals surface area (Å²) in [6, 6.07) is 6.71. The minimum Gasteiger partial charge on any atom is -0.478 e. The summed E-state index contributed by atoms with van der Waals surface area (Å²) in [5.74, 6) is -0.975. The Morgan fingerprint density at radius 2 is 2.07 bits per heavy atom. The highest BCUT2D eigenvalue weighted by Crippen LogP contribution is 2.53. The maximum Gasteiger partial charge on any atom is 0.335 e. The minimum atomic E-state index is -0.988. The second kappa shape index (κ2) is 3.33. The number of hydrogen-bond acceptors (Lipinski definition) is 1. The Morgan fingerprint density at radius 1 is 1.47 bits per heavy atom. The maximum atomic E-state index is 13.5. The third-order valence-electron chi connectivity index (χ3n) is 3.24. The highest BCUT2D eigenvalue weighted by Gasteiger charge is 2.51. The smallest absolute Gasteiger partial charge is 0.335 e. The number of carboxylic acids is 1. The predicted octanol–water partition coefficient (Wildman–Crippen LogP) is 2.77. The molecule has 0 heterocycles. The Balaban J connectivity index is 2.49. The fraction of sp³-hybridized carbons (Fsp3) is 0.417. The van der Waals surface area contributed by atoms with Gasteiger partial charge in [-0.05, 0) is 31.4 Å². The van der Waals surface area contributed by atoms with Crippen LogP contribution in [0.3, 0.4) is 0 Å². The molecule has 0 aromatic heterocycles. The quantitative estimate of drug-likeness (QED) is 0.829. The standard InChI is InChI=1S/C12H13FO2/c1-8(13)12(6-7-12)10-5-3-2-4-9(10)11(14)15/h2-5,8H,6-7H2,1H3,(H,14,15). The summed E-state index contributed by atoms with van der Waals surface area (Å²) in [6.45, 7) is 1.51. The SMILES string of the molecule is CC(F)C1(c2ccccc2C(=O)O)CC1. The Hall–Kier alpha value is -1.38. The topological polar surface area (TPSA) is 37.3 Å². The lowest BCUT2D eigenvalue weighted by molar-refractivity contribution is 0.0694. The van der Waals surface area contributed by atoms with Crippen molar-refractivity contribution in [2.45, 2.75) is 31.4 Å². The van der Waals surface area contributed by atoms with Gasteiger partial charge in [-0.15, -0.1) is 0 Å². The monoisotopic (exact) mass is 208 g/mol. The maximum absolute atomic E-state index is 13.5. The molecule has 1 atom stereocenters. The molecule has 2 rings (SSSR count). The van der Waals surface area contributed by atoms with E-state index in [1.165, 1.54) is 6.92 Å². The molecule has 0 aliphatic heterocycles. The van der Waals surface area contributed by atoms with Crippen LogP contribution in [0.2, 0.25) is 0 Å². The highest BCUT2D eigenvalue weighted by atomic mass is 19.1. The summed E-state index contributed by atoms with van der Waals surface area (Å²) in [5.41, 5.74) is 0.349. The normalized spacial score (nSPS) is 19.6. The molecule has 3 heteroatoms. The van der Waals surface area contributed by atoms with E-state index in [4.69, 9.17) is 5.11 Å². The zero-order valence-electron chi connectivity index (χ0n) is 8.53. The molecule has 0 amide bonds. The first kappa shape index (κ1) is 10.1. The Bertz CT molecular complexity index is 394. The number of halogens is 1. The van der Waals surface area contributed by atoms with Gasteiger partial charge in [-0.3, -0.25) is 0 Å². The van der Waals surface area contributed by atoms with E-state index in [-0.39, 0.29) is 5.56 Å². The zero-order chi connectivity index (χ0) is 11.1. The van der Waals surface area contributed by atoms with Gasteiger partial charge in [-0.1, -0.05) is 18.2 Å². The van der Waals surface area contributed by atoms with E-state index < -0.39 is 17.6 Å². The van der Waals surface area contributed by atoms with Gasteiger partial charge in [0, 0.05) is 5.41 Å². The molecule has 0 radical (unpaired) electrons. The molecule has 15 heavy (non-hydrogen) atoms. The molecule has 2 nitrogen and oxygen atoms in total. The van der Waals surface area contributed by atoms with Crippen molar-refractivity contribution in [3.8, 4) is 0 Å². The van der Waals surface area contributed by atoms with Crippen molar-refractivity contribution in [3.05, 3.63) is 35.4 Å². The Kier molecular flexibility index (Phi) is 2.25. The predicted molar refractivity (Wildman–Crippen MR) is 54.9 cm³/mol. The van der Waals surface area contributed by atoms with Crippen molar-refractivity contribution in [2.75, 3.05) is 0 Å². The summed E-state index contributed by atoms with van der Waals surface area (Å²) in [5, 5.41) is 9.02. The van der Waals surface area contributed by atoms with Crippen LogP contribution >= 0.6 is 0 Å². The van der Waals surface area contributed by atoms with Crippen LogP contribution in [0.15, 0.2) is 24.3 Å². The summed E-state index contributed by atoms with van der Waals surface area (Å²) in [6.07, 6.45) is 0.502. The molecule has 1 unspecified atom stereocenters. The lowest BCUT2D eigenvalue weighted by Gasteiger charge is -2.19. The molecule has 0 bridgehead atoms. The lowest BCUT2D eigenvalue weighted by Crippen LogP contribution is -2.21. The van der Waals surface area contributed by atoms with Crippen molar-refractivity contribution in [1.82, 2.24) is 0 Å². The van der Waals surface area contributed by atoms with Crippen LogP contribution < -0.4 is 0 Å². The molecule has 1 saturated carbocycles. The molecule has 1 aromatic rings. The largest absolute Gasteiger partial charge is 0.478 e. The average Bonchev–Trinajstić information content (AvgIpc) is 2.98. The van der Waals surface area contributed by atoms with E-state index in [2.05, 4.69) is 0 Å². The van der Waals surface area contributed by atoms with Crippen molar-refractivity contribution < 1.29 is 14.3 Å². The van der Waals surface area contributed by atoms with Crippen LogP contribution in [0, 0.1) is 0 Å². The van der Waals surface area contributed by atoms with Gasteiger partial charge in [0.2, 0.25) is 0 Å². The Labute approximate surface area is 87.7 Å². The van der Waals surface area contributed by atoms with Gasteiger partial charge in [0.05, 0.1) is 5.56 Å². The second-order valence-corrected chi connectivity index (χ2v) is 4.12. The number of carbonyl (C=O) groups is 1. The van der Waals surface area contributed by atoms with Crippen molar-refractivity contribution >= 4 is 5.97 Å². The van der Waals surface area contributed by atoms with Crippen molar-refractivity contribution in [2.24, 2.45) is 0 Å². The third kappa shape index (κ3) is 1.52. The van der Waals surface area contributed by atoms with Crippen LogP contribution in [0.25, 0.3) is 0 Å². The molecule has 1 fully saturated rings. The van der Waals surface area contributed by atoms with Gasteiger partial charge in [-0.25, -0.2) is 9.18 Å². The summed E-state index contributed by atoms with van der Waals surface area (Å²) >= 11 is 0. The number of rotatable bonds is 3. The van der Waals surface area contributed by atoms with E-state index in [1.807, 2.05) is 0 Å². The van der Waals surface area contributed by atoms with Crippen molar-refractivity contribution in [3.63, 3.8) is 0 Å². The fourth-order valence-corrected chi connectivity index (χ4v) is 2.12. The second-order valence-electron chi connectivity index (χ2n) is 4.12. The fourth-order valence-electron chi connectivity index (χ4n) is 2.12. The van der Waals surface area contributed by atoms with Gasteiger partial charge in [0.1, 0.15) is 6.17 Å². The van der Waals surface area contributed by atoms with Crippen LogP contribution in [-0.4, -0.2) is 17.2 Å². The number of carboxylic acid groups (broad SMARTS) is 1. The number of benzene rings is 1. The van der Waals surface area contributed by atoms with E-state index in [1.54, 1.807) is 24.3 Å². The van der Waals surface area contributed by atoms with E-state index in [0.717, 1.165) is 12.8 Å². The summed E-state index contributed by atoms with van der Waals surface area (Å²) < 4.78 is 13.5. The van der Waals surface area contributed by atoms with E-state index in [9.17, 15) is 9.18 Å². The van der Waals surface area contributed by atoms with Gasteiger partial charge in [-0.2, -0.15) is 0 Å². The van der Waals surface area contributed by atoms with Gasteiger partial charge >= 0.3 is 5.97 Å². The van der Waals surface area contributed by atoms with Crippen LogP contribution in [0.1, 0.15) is 35.7 Å². The molecule has 80 valence electrons. The van der Waals surface area contributed by atoms with Crippen LogP contribution in [0.4, 0.5) is 4.39 Å². The highest BCUT2D eigenvalue weighted by molar-refractivity contribution is 5.90. The van der Waals surface area contributed by atoms with Gasteiger partial charge in [0.25, 0.3) is 0 Å². The van der Waals surface area contributed by atoms with Gasteiger partial charge < -0.3 is 5.11 Å². The number of alkyl halides is 1. The van der Waals surface area contributed by atoms with E-state index in [0.29, 0.717) is 5.56 Å². The Morgan fingerprint density at radius 3 is 2.53 bits per heavy atom. The minimum absolute atomic E-state index is 0.236. The molecule has 1 N–H and O–H groups in total. The van der Waals surface area contributed by atoms with Crippen molar-refractivity contribution in [1.29, 1.82) is 0 Å². The molecule has 1 aliphatic rings.